The van der Waals surface area contributed by atoms with Gasteiger partial charge in [0.2, 0.25) is 0 Å². The number of aryl methyl sites for hydroxylation is 1. The van der Waals surface area contributed by atoms with Gasteiger partial charge < -0.3 is 4.74 Å². The van der Waals surface area contributed by atoms with Crippen molar-refractivity contribution in [1.29, 1.82) is 5.26 Å². The topological polar surface area (TPSA) is 33.0 Å². The lowest BCUT2D eigenvalue weighted by Gasteiger charge is -2.09. The predicted molar refractivity (Wildman–Crippen MR) is 77.1 cm³/mol. The Hall–Kier alpha value is -1.69. The molecule has 0 aromatic heterocycles. The number of nitrogens with zero attached hydrogens (tertiary/aromatic N) is 1. The summed E-state index contributed by atoms with van der Waals surface area (Å²) in [6, 6.07) is 12.4. The van der Waals surface area contributed by atoms with Crippen LogP contribution in [0.4, 0.5) is 0 Å². The van der Waals surface area contributed by atoms with Gasteiger partial charge >= 0.3 is 0 Å². The fourth-order valence-corrected chi connectivity index (χ4v) is 2.14. The molecule has 0 saturated carbocycles. The molecule has 0 amide bonds. The highest BCUT2D eigenvalue weighted by atomic mass is 35.5. The predicted octanol–water partition coefficient (Wildman–Crippen LogP) is 5.22. The monoisotopic (exact) mass is 291 g/mol. The maximum atomic E-state index is 8.78. The third-order valence-corrected chi connectivity index (χ3v) is 3.35. The Morgan fingerprint density at radius 2 is 1.89 bits per heavy atom. The summed E-state index contributed by atoms with van der Waals surface area (Å²) in [4.78, 5) is 0. The van der Waals surface area contributed by atoms with E-state index in [1.54, 1.807) is 30.3 Å². The van der Waals surface area contributed by atoms with Crippen molar-refractivity contribution in [3.05, 3.63) is 57.6 Å². The summed E-state index contributed by atoms with van der Waals surface area (Å²) in [5.41, 5.74) is 1.52. The van der Waals surface area contributed by atoms with Crippen LogP contribution in [0.25, 0.3) is 0 Å². The van der Waals surface area contributed by atoms with Crippen LogP contribution >= 0.6 is 23.2 Å². The van der Waals surface area contributed by atoms with Crippen molar-refractivity contribution in [2.75, 3.05) is 0 Å². The molecule has 0 aliphatic rings. The zero-order valence-corrected chi connectivity index (χ0v) is 11.8. The van der Waals surface area contributed by atoms with Gasteiger partial charge in [0.25, 0.3) is 0 Å². The molecule has 0 unspecified atom stereocenters. The van der Waals surface area contributed by atoms with E-state index in [1.807, 2.05) is 19.1 Å². The summed E-state index contributed by atoms with van der Waals surface area (Å²) in [5, 5.41) is 9.91. The van der Waals surface area contributed by atoms with Crippen LogP contribution in [0.2, 0.25) is 10.0 Å². The SMILES string of the molecule is CCc1cc(Oc2ccc(C#N)cc2Cl)ccc1Cl. The molecule has 19 heavy (non-hydrogen) atoms. The molecule has 96 valence electrons. The van der Waals surface area contributed by atoms with Crippen LogP contribution < -0.4 is 4.74 Å². The maximum absolute atomic E-state index is 8.78. The second-order valence-electron chi connectivity index (χ2n) is 3.97. The number of benzene rings is 2. The van der Waals surface area contributed by atoms with Crippen molar-refractivity contribution in [3.63, 3.8) is 0 Å². The van der Waals surface area contributed by atoms with Crippen molar-refractivity contribution in [2.45, 2.75) is 13.3 Å². The van der Waals surface area contributed by atoms with Crippen molar-refractivity contribution in [2.24, 2.45) is 0 Å². The van der Waals surface area contributed by atoms with Crippen LogP contribution in [-0.2, 0) is 6.42 Å². The minimum absolute atomic E-state index is 0.409. The fourth-order valence-electron chi connectivity index (χ4n) is 1.67. The number of ether oxygens (including phenoxy) is 1. The molecule has 0 spiro atoms. The van der Waals surface area contributed by atoms with E-state index in [4.69, 9.17) is 33.2 Å². The molecule has 0 fully saturated rings. The largest absolute Gasteiger partial charge is 0.456 e. The van der Waals surface area contributed by atoms with Crippen LogP contribution in [0.1, 0.15) is 18.1 Å². The quantitative estimate of drug-likeness (QED) is 0.777. The first-order chi connectivity index (χ1) is 9.13. The normalized spacial score (nSPS) is 10.0. The zero-order chi connectivity index (χ0) is 13.8. The molecule has 4 heteroatoms. The fraction of sp³-hybridized carbons (Fsp3) is 0.133. The van der Waals surface area contributed by atoms with Gasteiger partial charge in [0, 0.05) is 5.02 Å². The molecule has 0 heterocycles. The van der Waals surface area contributed by atoms with Crippen LogP contribution in [0.15, 0.2) is 36.4 Å². The average Bonchev–Trinajstić information content (AvgIpc) is 2.43. The van der Waals surface area contributed by atoms with E-state index in [2.05, 4.69) is 0 Å². The number of halogens is 2. The Morgan fingerprint density at radius 3 is 2.53 bits per heavy atom. The molecule has 0 bridgehead atoms. The highest BCUT2D eigenvalue weighted by Gasteiger charge is 2.06. The second kappa shape index (κ2) is 5.97. The Bertz CT molecular complexity index is 647. The summed E-state index contributed by atoms with van der Waals surface area (Å²) in [6.07, 6.45) is 0.830. The smallest absolute Gasteiger partial charge is 0.146 e. The van der Waals surface area contributed by atoms with Gasteiger partial charge in [-0.05, 0) is 48.4 Å². The van der Waals surface area contributed by atoms with Gasteiger partial charge in [-0.2, -0.15) is 5.26 Å². The minimum atomic E-state index is 0.409. The van der Waals surface area contributed by atoms with E-state index < -0.39 is 0 Å². The highest BCUT2D eigenvalue weighted by Crippen LogP contribution is 2.31. The van der Waals surface area contributed by atoms with Crippen molar-refractivity contribution in [1.82, 2.24) is 0 Å². The van der Waals surface area contributed by atoms with E-state index in [1.165, 1.54) is 0 Å². The van der Waals surface area contributed by atoms with Crippen LogP contribution in [0.5, 0.6) is 11.5 Å². The molecular formula is C15H11Cl2NO. The molecule has 0 saturated heterocycles. The Kier molecular flexibility index (Phi) is 4.31. The first-order valence-corrected chi connectivity index (χ1v) is 6.55. The minimum Gasteiger partial charge on any atom is -0.456 e. The number of hydrogen-bond acceptors (Lipinski definition) is 2. The highest BCUT2D eigenvalue weighted by molar-refractivity contribution is 6.32. The summed E-state index contributed by atoms with van der Waals surface area (Å²) in [7, 11) is 0. The van der Waals surface area contributed by atoms with Gasteiger partial charge in [-0.1, -0.05) is 30.1 Å². The van der Waals surface area contributed by atoms with Gasteiger partial charge in [-0.15, -0.1) is 0 Å². The maximum Gasteiger partial charge on any atom is 0.146 e. The lowest BCUT2D eigenvalue weighted by Crippen LogP contribution is -1.89. The standard InChI is InChI=1S/C15H11Cl2NO/c1-2-11-8-12(4-5-13(11)16)19-15-6-3-10(9-18)7-14(15)17/h3-8H,2H2,1H3. The van der Waals surface area contributed by atoms with Crippen molar-refractivity contribution in [3.8, 4) is 17.6 Å². The molecule has 2 nitrogen and oxygen atoms in total. The first kappa shape index (κ1) is 13.7. The van der Waals surface area contributed by atoms with Crippen LogP contribution in [0, 0.1) is 11.3 Å². The number of nitriles is 1. The lowest BCUT2D eigenvalue weighted by molar-refractivity contribution is 0.482. The van der Waals surface area contributed by atoms with Gasteiger partial charge in [-0.25, -0.2) is 0 Å². The third-order valence-electron chi connectivity index (χ3n) is 2.69. The van der Waals surface area contributed by atoms with E-state index in [-0.39, 0.29) is 0 Å². The van der Waals surface area contributed by atoms with E-state index in [9.17, 15) is 0 Å². The summed E-state index contributed by atoms with van der Waals surface area (Å²) >= 11 is 12.1. The summed E-state index contributed by atoms with van der Waals surface area (Å²) in [6.45, 7) is 2.03. The van der Waals surface area contributed by atoms with Crippen LogP contribution in [0.3, 0.4) is 0 Å². The molecular weight excluding hydrogens is 281 g/mol. The van der Waals surface area contributed by atoms with Crippen molar-refractivity contribution >= 4 is 23.2 Å². The molecule has 0 aliphatic heterocycles. The Morgan fingerprint density at radius 1 is 1.11 bits per heavy atom. The number of hydrogen-bond donors (Lipinski definition) is 0. The summed E-state index contributed by atoms with van der Waals surface area (Å²) in [5.74, 6) is 1.19. The second-order valence-corrected chi connectivity index (χ2v) is 4.78. The molecule has 0 radical (unpaired) electrons. The summed E-state index contributed by atoms with van der Waals surface area (Å²) < 4.78 is 5.71. The molecule has 2 rings (SSSR count). The molecule has 2 aromatic carbocycles. The molecule has 2 aromatic rings. The van der Waals surface area contributed by atoms with Crippen LogP contribution in [-0.4, -0.2) is 0 Å². The molecule has 0 aliphatic carbocycles. The van der Waals surface area contributed by atoms with Crippen molar-refractivity contribution < 1.29 is 4.74 Å². The Labute approximate surface area is 122 Å². The first-order valence-electron chi connectivity index (χ1n) is 5.80. The molecule has 0 N–H and O–H groups in total. The van der Waals surface area contributed by atoms with Gasteiger partial charge in [0.1, 0.15) is 11.5 Å². The van der Waals surface area contributed by atoms with E-state index in [0.29, 0.717) is 22.1 Å². The lowest BCUT2D eigenvalue weighted by atomic mass is 10.1. The van der Waals surface area contributed by atoms with Gasteiger partial charge in [0.05, 0.1) is 16.7 Å². The molecule has 0 atom stereocenters. The van der Waals surface area contributed by atoms with E-state index in [0.717, 1.165) is 17.0 Å². The zero-order valence-electron chi connectivity index (χ0n) is 10.3. The average molecular weight is 292 g/mol. The van der Waals surface area contributed by atoms with E-state index >= 15 is 0 Å². The third kappa shape index (κ3) is 3.20. The number of rotatable bonds is 3. The van der Waals surface area contributed by atoms with Gasteiger partial charge in [0.15, 0.2) is 0 Å². The van der Waals surface area contributed by atoms with Gasteiger partial charge in [-0.3, -0.25) is 0 Å². The Balaban J connectivity index is 2.29.